The zero-order valence-corrected chi connectivity index (χ0v) is 11.1. The van der Waals surface area contributed by atoms with E-state index in [2.05, 4.69) is 5.32 Å². The van der Waals surface area contributed by atoms with Gasteiger partial charge < -0.3 is 5.32 Å². The molecule has 2 bridgehead atoms. The Balaban J connectivity index is 1.79. The van der Waals surface area contributed by atoms with E-state index in [4.69, 9.17) is 0 Å². The highest BCUT2D eigenvalue weighted by atomic mass is 19.4. The largest absolute Gasteiger partial charge is 0.389 e. The van der Waals surface area contributed by atoms with Gasteiger partial charge in [-0.3, -0.25) is 0 Å². The second kappa shape index (κ2) is 5.81. The van der Waals surface area contributed by atoms with Crippen LogP contribution in [0.4, 0.5) is 13.2 Å². The number of rotatable bonds is 6. The van der Waals surface area contributed by atoms with Gasteiger partial charge in [0.2, 0.25) is 0 Å². The van der Waals surface area contributed by atoms with Gasteiger partial charge in [0, 0.05) is 12.5 Å². The van der Waals surface area contributed by atoms with Crippen LogP contribution in [0.3, 0.4) is 0 Å². The Bertz CT molecular complexity index is 264. The molecule has 0 spiro atoms. The molecule has 0 aromatic carbocycles. The molecule has 4 unspecified atom stereocenters. The highest BCUT2D eigenvalue weighted by Gasteiger charge is 2.40. The maximum absolute atomic E-state index is 12.3. The van der Waals surface area contributed by atoms with Crippen LogP contribution in [-0.2, 0) is 0 Å². The van der Waals surface area contributed by atoms with Gasteiger partial charge in [0.1, 0.15) is 0 Å². The van der Waals surface area contributed by atoms with Crippen molar-refractivity contribution >= 4 is 0 Å². The van der Waals surface area contributed by atoms with Crippen molar-refractivity contribution in [3.8, 4) is 0 Å². The van der Waals surface area contributed by atoms with Gasteiger partial charge in [0.05, 0.1) is 0 Å². The fraction of sp³-hybridized carbons (Fsp3) is 1.00. The Morgan fingerprint density at radius 3 is 2.50 bits per heavy atom. The molecule has 1 nitrogen and oxygen atoms in total. The average Bonchev–Trinajstić information content (AvgIpc) is 2.87. The van der Waals surface area contributed by atoms with E-state index >= 15 is 0 Å². The summed E-state index contributed by atoms with van der Waals surface area (Å²) in [7, 11) is 0. The van der Waals surface area contributed by atoms with Crippen LogP contribution >= 0.6 is 0 Å². The molecule has 0 saturated heterocycles. The highest BCUT2D eigenvalue weighted by Crippen LogP contribution is 2.50. The van der Waals surface area contributed by atoms with Gasteiger partial charge in [-0.2, -0.15) is 13.2 Å². The van der Waals surface area contributed by atoms with Crippen LogP contribution in [-0.4, -0.2) is 18.8 Å². The van der Waals surface area contributed by atoms with Gasteiger partial charge in [-0.1, -0.05) is 13.3 Å². The quantitative estimate of drug-likeness (QED) is 0.759. The average molecular weight is 263 g/mol. The third-order valence-corrected chi connectivity index (χ3v) is 4.74. The lowest BCUT2D eigenvalue weighted by molar-refractivity contribution is -0.136. The fourth-order valence-corrected chi connectivity index (χ4v) is 3.96. The molecule has 0 aliphatic heterocycles. The lowest BCUT2D eigenvalue weighted by Crippen LogP contribution is -2.33. The SMILES string of the molecule is CCNC(CCC(F)(F)F)CC1CC2CCC1C2. The second-order valence-corrected chi connectivity index (χ2v) is 6.08. The zero-order valence-electron chi connectivity index (χ0n) is 11.1. The number of hydrogen-bond donors (Lipinski definition) is 1. The van der Waals surface area contributed by atoms with E-state index in [9.17, 15) is 13.2 Å². The van der Waals surface area contributed by atoms with E-state index in [0.717, 1.165) is 24.8 Å². The van der Waals surface area contributed by atoms with Crippen molar-refractivity contribution in [1.29, 1.82) is 0 Å². The van der Waals surface area contributed by atoms with E-state index in [0.29, 0.717) is 5.92 Å². The molecule has 2 saturated carbocycles. The third-order valence-electron chi connectivity index (χ3n) is 4.74. The van der Waals surface area contributed by atoms with Gasteiger partial charge in [0.25, 0.3) is 0 Å². The first-order valence-electron chi connectivity index (χ1n) is 7.28. The summed E-state index contributed by atoms with van der Waals surface area (Å²) in [6, 6.07) is 0.0565. The minimum atomic E-state index is -4.01. The summed E-state index contributed by atoms with van der Waals surface area (Å²) in [5, 5.41) is 3.24. The van der Waals surface area contributed by atoms with Crippen molar-refractivity contribution in [3.05, 3.63) is 0 Å². The van der Waals surface area contributed by atoms with Gasteiger partial charge >= 0.3 is 6.18 Å². The van der Waals surface area contributed by atoms with Crippen LogP contribution in [0, 0.1) is 17.8 Å². The highest BCUT2D eigenvalue weighted by molar-refractivity contribution is 4.91. The summed E-state index contributed by atoms with van der Waals surface area (Å²) in [6.45, 7) is 2.74. The molecule has 2 fully saturated rings. The standard InChI is InChI=1S/C14H24F3N/c1-2-18-13(5-6-14(15,16)17)9-12-8-10-3-4-11(12)7-10/h10-13,18H,2-9H2,1H3. The predicted molar refractivity (Wildman–Crippen MR) is 66.3 cm³/mol. The third kappa shape index (κ3) is 3.87. The van der Waals surface area contributed by atoms with Crippen molar-refractivity contribution in [2.75, 3.05) is 6.54 Å². The summed E-state index contributed by atoms with van der Waals surface area (Å²) in [6.07, 6.45) is 1.80. The van der Waals surface area contributed by atoms with E-state index in [1.165, 1.54) is 25.7 Å². The molecule has 2 rings (SSSR count). The Labute approximate surface area is 108 Å². The van der Waals surface area contributed by atoms with Crippen LogP contribution < -0.4 is 5.32 Å². The molecule has 4 heteroatoms. The van der Waals surface area contributed by atoms with Gasteiger partial charge in [0.15, 0.2) is 0 Å². The Kier molecular flexibility index (Phi) is 4.57. The Morgan fingerprint density at radius 2 is 2.00 bits per heavy atom. The molecular weight excluding hydrogens is 239 g/mol. The van der Waals surface area contributed by atoms with Crippen LogP contribution in [0.1, 0.15) is 51.9 Å². The number of halogens is 3. The monoisotopic (exact) mass is 263 g/mol. The summed E-state index contributed by atoms with van der Waals surface area (Å²) in [5.74, 6) is 2.37. The number of nitrogens with one attached hydrogen (secondary N) is 1. The minimum Gasteiger partial charge on any atom is -0.314 e. The predicted octanol–water partition coefficient (Wildman–Crippen LogP) is 4.13. The van der Waals surface area contributed by atoms with Crippen molar-refractivity contribution in [2.24, 2.45) is 17.8 Å². The molecule has 2 aliphatic carbocycles. The molecule has 0 aromatic heterocycles. The smallest absolute Gasteiger partial charge is 0.314 e. The molecule has 0 aromatic rings. The minimum absolute atomic E-state index is 0.0565. The maximum Gasteiger partial charge on any atom is 0.389 e. The first-order chi connectivity index (χ1) is 8.48. The number of alkyl halides is 3. The first kappa shape index (κ1) is 14.2. The summed E-state index contributed by atoms with van der Waals surface area (Å²) in [5.41, 5.74) is 0. The Morgan fingerprint density at radius 1 is 1.22 bits per heavy atom. The molecule has 0 radical (unpaired) electrons. The molecule has 0 amide bonds. The van der Waals surface area contributed by atoms with Gasteiger partial charge in [-0.15, -0.1) is 0 Å². The molecule has 4 atom stereocenters. The molecule has 0 heterocycles. The van der Waals surface area contributed by atoms with E-state index in [-0.39, 0.29) is 12.5 Å². The van der Waals surface area contributed by atoms with Crippen molar-refractivity contribution in [2.45, 2.75) is 64.1 Å². The summed E-state index contributed by atoms with van der Waals surface area (Å²) < 4.78 is 36.9. The normalized spacial score (nSPS) is 33.0. The lowest BCUT2D eigenvalue weighted by Gasteiger charge is -2.27. The fourth-order valence-electron chi connectivity index (χ4n) is 3.96. The van der Waals surface area contributed by atoms with Gasteiger partial charge in [-0.05, 0) is 56.4 Å². The van der Waals surface area contributed by atoms with Crippen molar-refractivity contribution in [1.82, 2.24) is 5.32 Å². The van der Waals surface area contributed by atoms with E-state index in [1.54, 1.807) is 0 Å². The molecule has 106 valence electrons. The zero-order chi connectivity index (χ0) is 13.2. The van der Waals surface area contributed by atoms with Crippen LogP contribution in [0.2, 0.25) is 0 Å². The molecular formula is C14H24F3N. The van der Waals surface area contributed by atoms with Crippen LogP contribution in [0.25, 0.3) is 0 Å². The summed E-state index contributed by atoms with van der Waals surface area (Å²) >= 11 is 0. The Hall–Kier alpha value is -0.250. The molecule has 18 heavy (non-hydrogen) atoms. The van der Waals surface area contributed by atoms with E-state index < -0.39 is 12.6 Å². The first-order valence-corrected chi connectivity index (χ1v) is 7.28. The lowest BCUT2D eigenvalue weighted by atomic mass is 9.83. The maximum atomic E-state index is 12.3. The van der Waals surface area contributed by atoms with E-state index in [1.807, 2.05) is 6.92 Å². The van der Waals surface area contributed by atoms with Crippen molar-refractivity contribution < 1.29 is 13.2 Å². The number of hydrogen-bond acceptors (Lipinski definition) is 1. The molecule has 1 N–H and O–H groups in total. The van der Waals surface area contributed by atoms with Crippen LogP contribution in [0.15, 0.2) is 0 Å². The van der Waals surface area contributed by atoms with Crippen LogP contribution in [0.5, 0.6) is 0 Å². The number of fused-ring (bicyclic) bond motifs is 2. The summed E-state index contributed by atoms with van der Waals surface area (Å²) in [4.78, 5) is 0. The topological polar surface area (TPSA) is 12.0 Å². The van der Waals surface area contributed by atoms with Gasteiger partial charge in [-0.25, -0.2) is 0 Å². The molecule has 2 aliphatic rings. The second-order valence-electron chi connectivity index (χ2n) is 6.08. The van der Waals surface area contributed by atoms with Crippen molar-refractivity contribution in [3.63, 3.8) is 0 Å².